The summed E-state index contributed by atoms with van der Waals surface area (Å²) in [6.45, 7) is 7.31. The Bertz CT molecular complexity index is 117. The van der Waals surface area contributed by atoms with Gasteiger partial charge in [0.05, 0.1) is 0 Å². The molecular weight excluding hydrogens is 143 g/mol. The molecule has 2 nitrogen and oxygen atoms in total. The summed E-state index contributed by atoms with van der Waals surface area (Å²) in [5.41, 5.74) is 0. The lowest BCUT2D eigenvalue weighted by Crippen LogP contribution is -2.51. The van der Waals surface area contributed by atoms with Crippen LogP contribution < -0.4 is 5.32 Å². The summed E-state index contributed by atoms with van der Waals surface area (Å²) in [5.74, 6) is 0. The highest BCUT2D eigenvalue weighted by molar-refractivity contribution is 4.76. The minimum absolute atomic E-state index is 0.488. The molecule has 0 aromatic carbocycles. The predicted molar refractivity (Wildman–Crippen MR) is 44.5 cm³/mol. The molecule has 0 radical (unpaired) electrons. The van der Waals surface area contributed by atoms with Gasteiger partial charge in [-0.1, -0.05) is 0 Å². The van der Waals surface area contributed by atoms with Gasteiger partial charge >= 0.3 is 0 Å². The van der Waals surface area contributed by atoms with Gasteiger partial charge < -0.3 is 5.32 Å². The first-order valence-electron chi connectivity index (χ1n) is 4.29. The van der Waals surface area contributed by atoms with E-state index in [0.717, 1.165) is 19.6 Å². The molecule has 0 aromatic heterocycles. The minimum atomic E-state index is -0.699. The van der Waals surface area contributed by atoms with E-state index in [-0.39, 0.29) is 0 Å². The fraction of sp³-hybridized carbons (Fsp3) is 1.00. The zero-order valence-corrected chi connectivity index (χ0v) is 7.31. The molecule has 2 atom stereocenters. The van der Waals surface area contributed by atoms with Crippen molar-refractivity contribution in [1.82, 2.24) is 10.2 Å². The maximum Gasteiger partial charge on any atom is 0.110 e. The van der Waals surface area contributed by atoms with Crippen LogP contribution in [-0.2, 0) is 0 Å². The fourth-order valence-corrected chi connectivity index (χ4v) is 1.48. The number of rotatable bonds is 2. The summed E-state index contributed by atoms with van der Waals surface area (Å²) in [6.07, 6.45) is -0.699. The van der Waals surface area contributed by atoms with E-state index in [9.17, 15) is 4.39 Å². The Labute approximate surface area is 67.8 Å². The molecule has 2 unspecified atom stereocenters. The number of halogens is 1. The van der Waals surface area contributed by atoms with Crippen molar-refractivity contribution in [2.75, 3.05) is 26.2 Å². The summed E-state index contributed by atoms with van der Waals surface area (Å²) in [4.78, 5) is 2.20. The summed E-state index contributed by atoms with van der Waals surface area (Å²) in [5, 5.41) is 3.27. The van der Waals surface area contributed by atoms with Gasteiger partial charge in [-0.25, -0.2) is 4.39 Å². The number of alkyl halides is 1. The molecule has 3 heteroatoms. The van der Waals surface area contributed by atoms with Crippen molar-refractivity contribution in [1.29, 1.82) is 0 Å². The summed E-state index contributed by atoms with van der Waals surface area (Å²) >= 11 is 0. The Hall–Kier alpha value is -0.150. The molecule has 1 N–H and O–H groups in total. The van der Waals surface area contributed by atoms with Crippen LogP contribution in [0.5, 0.6) is 0 Å². The SMILES string of the molecule is CC(F)CN1CCNCC1C. The van der Waals surface area contributed by atoms with Crippen LogP contribution >= 0.6 is 0 Å². The zero-order chi connectivity index (χ0) is 8.27. The smallest absolute Gasteiger partial charge is 0.110 e. The van der Waals surface area contributed by atoms with Gasteiger partial charge in [0.2, 0.25) is 0 Å². The van der Waals surface area contributed by atoms with Crippen LogP contribution in [0, 0.1) is 0 Å². The maximum absolute atomic E-state index is 12.6. The second-order valence-electron chi connectivity index (χ2n) is 3.33. The number of nitrogens with zero attached hydrogens (tertiary/aromatic N) is 1. The third-order valence-corrected chi connectivity index (χ3v) is 2.12. The largest absolute Gasteiger partial charge is 0.314 e. The van der Waals surface area contributed by atoms with Gasteiger partial charge in [0.15, 0.2) is 0 Å². The van der Waals surface area contributed by atoms with E-state index in [4.69, 9.17) is 0 Å². The molecule has 0 aliphatic carbocycles. The van der Waals surface area contributed by atoms with E-state index in [1.165, 1.54) is 0 Å². The van der Waals surface area contributed by atoms with Crippen LogP contribution in [0.2, 0.25) is 0 Å². The predicted octanol–water partition coefficient (Wildman–Crippen LogP) is 0.638. The first kappa shape index (κ1) is 8.94. The topological polar surface area (TPSA) is 15.3 Å². The van der Waals surface area contributed by atoms with Crippen molar-refractivity contribution in [2.24, 2.45) is 0 Å². The lowest BCUT2D eigenvalue weighted by atomic mass is 10.2. The van der Waals surface area contributed by atoms with Crippen molar-refractivity contribution >= 4 is 0 Å². The van der Waals surface area contributed by atoms with Crippen LogP contribution in [0.15, 0.2) is 0 Å². The van der Waals surface area contributed by atoms with Gasteiger partial charge in [-0.05, 0) is 13.8 Å². The summed E-state index contributed by atoms with van der Waals surface area (Å²) in [7, 11) is 0. The molecule has 66 valence electrons. The van der Waals surface area contributed by atoms with Crippen LogP contribution in [0.4, 0.5) is 4.39 Å². The number of piperazine rings is 1. The van der Waals surface area contributed by atoms with Crippen LogP contribution in [-0.4, -0.2) is 43.3 Å². The fourth-order valence-electron chi connectivity index (χ4n) is 1.48. The first-order valence-corrected chi connectivity index (χ1v) is 4.29. The van der Waals surface area contributed by atoms with Gasteiger partial charge in [0.1, 0.15) is 6.17 Å². The third kappa shape index (κ3) is 2.75. The summed E-state index contributed by atoms with van der Waals surface area (Å²) in [6, 6.07) is 0.488. The molecule has 11 heavy (non-hydrogen) atoms. The van der Waals surface area contributed by atoms with Crippen LogP contribution in [0.25, 0.3) is 0 Å². The van der Waals surface area contributed by atoms with E-state index in [1.54, 1.807) is 6.92 Å². The third-order valence-electron chi connectivity index (χ3n) is 2.12. The molecule has 0 saturated carbocycles. The van der Waals surface area contributed by atoms with E-state index < -0.39 is 6.17 Å². The Kier molecular flexibility index (Phi) is 3.27. The van der Waals surface area contributed by atoms with Crippen molar-refractivity contribution in [3.8, 4) is 0 Å². The normalized spacial score (nSPS) is 30.3. The lowest BCUT2D eigenvalue weighted by Gasteiger charge is -2.34. The van der Waals surface area contributed by atoms with Crippen LogP contribution in [0.1, 0.15) is 13.8 Å². The van der Waals surface area contributed by atoms with Gasteiger partial charge in [-0.15, -0.1) is 0 Å². The van der Waals surface area contributed by atoms with Crippen molar-refractivity contribution < 1.29 is 4.39 Å². The monoisotopic (exact) mass is 160 g/mol. The van der Waals surface area contributed by atoms with E-state index >= 15 is 0 Å². The highest BCUT2D eigenvalue weighted by Gasteiger charge is 2.18. The molecule has 1 rings (SSSR count). The lowest BCUT2D eigenvalue weighted by molar-refractivity contribution is 0.134. The quantitative estimate of drug-likeness (QED) is 0.637. The Morgan fingerprint density at radius 1 is 1.73 bits per heavy atom. The molecule has 1 fully saturated rings. The molecule has 0 spiro atoms. The molecule has 0 aromatic rings. The van der Waals surface area contributed by atoms with Crippen molar-refractivity contribution in [3.63, 3.8) is 0 Å². The average molecular weight is 160 g/mol. The van der Waals surface area contributed by atoms with Crippen molar-refractivity contribution in [3.05, 3.63) is 0 Å². The Morgan fingerprint density at radius 2 is 2.45 bits per heavy atom. The minimum Gasteiger partial charge on any atom is -0.314 e. The molecule has 1 heterocycles. The first-order chi connectivity index (χ1) is 5.20. The summed E-state index contributed by atoms with van der Waals surface area (Å²) < 4.78 is 12.6. The zero-order valence-electron chi connectivity index (χ0n) is 7.31. The molecule has 0 amide bonds. The number of hydrogen-bond donors (Lipinski definition) is 1. The second-order valence-corrected chi connectivity index (χ2v) is 3.33. The van der Waals surface area contributed by atoms with E-state index in [1.807, 2.05) is 0 Å². The molecule has 1 aliphatic rings. The highest BCUT2D eigenvalue weighted by Crippen LogP contribution is 2.04. The van der Waals surface area contributed by atoms with E-state index in [2.05, 4.69) is 17.1 Å². The Morgan fingerprint density at radius 3 is 3.00 bits per heavy atom. The molecular formula is C8H17FN2. The molecule has 0 bridgehead atoms. The van der Waals surface area contributed by atoms with Crippen molar-refractivity contribution in [2.45, 2.75) is 26.1 Å². The van der Waals surface area contributed by atoms with Gasteiger partial charge in [-0.3, -0.25) is 4.90 Å². The standard InChI is InChI=1S/C8H17FN2/c1-7(9)6-11-4-3-10-5-8(11)2/h7-8,10H,3-6H2,1-2H3. The number of nitrogens with one attached hydrogen (secondary N) is 1. The number of hydrogen-bond acceptors (Lipinski definition) is 2. The van der Waals surface area contributed by atoms with E-state index in [0.29, 0.717) is 12.6 Å². The second kappa shape index (κ2) is 4.02. The maximum atomic E-state index is 12.6. The highest BCUT2D eigenvalue weighted by atomic mass is 19.1. The Balaban J connectivity index is 2.29. The average Bonchev–Trinajstić information content (AvgIpc) is 1.93. The van der Waals surface area contributed by atoms with Crippen LogP contribution in [0.3, 0.4) is 0 Å². The van der Waals surface area contributed by atoms with Gasteiger partial charge in [-0.2, -0.15) is 0 Å². The van der Waals surface area contributed by atoms with Gasteiger partial charge in [0, 0.05) is 32.2 Å². The molecule has 1 saturated heterocycles. The van der Waals surface area contributed by atoms with Gasteiger partial charge in [0.25, 0.3) is 0 Å². The molecule has 1 aliphatic heterocycles.